The molecule has 0 aromatic heterocycles. The molecule has 0 spiro atoms. The smallest absolute Gasteiger partial charge is 0.360 e. The van der Waals surface area contributed by atoms with E-state index in [1.54, 1.807) is 6.92 Å². The summed E-state index contributed by atoms with van der Waals surface area (Å²) >= 11 is 0. The molecule has 4 amide bonds. The maximum absolute atomic E-state index is 14.1. The minimum absolute atomic E-state index is 0.0983. The predicted molar refractivity (Wildman–Crippen MR) is 140 cm³/mol. The lowest BCUT2D eigenvalue weighted by Crippen LogP contribution is -2.74. The van der Waals surface area contributed by atoms with E-state index in [2.05, 4.69) is 5.32 Å². The number of imide groups is 1. The number of urea groups is 1. The maximum Gasteiger partial charge on any atom is 0.360 e. The minimum atomic E-state index is -3.29. The van der Waals surface area contributed by atoms with E-state index in [1.807, 2.05) is 0 Å². The van der Waals surface area contributed by atoms with Gasteiger partial charge >= 0.3 is 18.0 Å². The Labute approximate surface area is 228 Å². The summed E-state index contributed by atoms with van der Waals surface area (Å²) in [7, 11) is 0. The lowest BCUT2D eigenvalue weighted by atomic mass is 9.85. The van der Waals surface area contributed by atoms with Crippen LogP contribution in [0.15, 0.2) is 54.6 Å². The van der Waals surface area contributed by atoms with Gasteiger partial charge in [-0.05, 0) is 31.0 Å². The third-order valence-corrected chi connectivity index (χ3v) is 6.69. The first-order valence-electron chi connectivity index (χ1n) is 12.0. The molecule has 14 nitrogen and oxygen atoms in total. The number of nitrogen functional groups attached to an aromatic ring is 1. The largest absolute Gasteiger partial charge is 0.481 e. The van der Waals surface area contributed by atoms with Crippen LogP contribution in [0.4, 0.5) is 10.5 Å². The Morgan fingerprint density at radius 2 is 1.65 bits per heavy atom. The molecule has 3 atom stereocenters. The molecule has 1 heterocycles. The number of nitrogens with zero attached hydrogens (tertiary/aromatic N) is 2. The highest BCUT2D eigenvalue weighted by Crippen LogP contribution is 2.40. The normalized spacial score (nSPS) is 18.8. The van der Waals surface area contributed by atoms with Crippen molar-refractivity contribution in [2.45, 2.75) is 43.9 Å². The number of aliphatic carboxylic acids is 2. The number of carbonyl (C=O) groups is 6. The van der Waals surface area contributed by atoms with Crippen molar-refractivity contribution < 1.29 is 39.0 Å². The zero-order valence-electron chi connectivity index (χ0n) is 21.6. The van der Waals surface area contributed by atoms with Gasteiger partial charge in [0.1, 0.15) is 11.4 Å². The molecule has 8 N–H and O–H groups in total. The van der Waals surface area contributed by atoms with Crippen molar-refractivity contribution in [3.05, 3.63) is 65.7 Å². The number of hydrogen-bond acceptors (Lipinski definition) is 8. The zero-order valence-corrected chi connectivity index (χ0v) is 21.6. The van der Waals surface area contributed by atoms with E-state index in [9.17, 15) is 39.0 Å². The molecule has 14 heteroatoms. The molecule has 1 saturated heterocycles. The lowest BCUT2D eigenvalue weighted by Gasteiger charge is -2.43. The van der Waals surface area contributed by atoms with Crippen molar-refractivity contribution in [2.75, 3.05) is 4.90 Å². The molecule has 0 radical (unpaired) electrons. The molecular formula is C26H28N6O8. The van der Waals surface area contributed by atoms with Gasteiger partial charge in [0.2, 0.25) is 5.91 Å². The number of Topliss-reactive ketones (excluding diaryl/α,β-unsaturated/α-hetero) is 1. The van der Waals surface area contributed by atoms with Crippen LogP contribution in [0.3, 0.4) is 0 Å². The monoisotopic (exact) mass is 552 g/mol. The van der Waals surface area contributed by atoms with Gasteiger partial charge in [0.15, 0.2) is 5.78 Å². The SMILES string of the molecule is CC[C@]1(c2ccc(C(=N)N)cc2)NC(=O)N([C@@](C(C)=O)(C(=O)O)N(C(=O)[C@@H](N)CC(=O)O)c2ccccc2)C1=O. The third kappa shape index (κ3) is 4.64. The van der Waals surface area contributed by atoms with E-state index in [4.69, 9.17) is 16.9 Å². The van der Waals surface area contributed by atoms with Gasteiger partial charge in [0.05, 0.1) is 12.5 Å². The summed E-state index contributed by atoms with van der Waals surface area (Å²) in [4.78, 5) is 79.6. The average Bonchev–Trinajstić information content (AvgIpc) is 3.16. The van der Waals surface area contributed by atoms with E-state index in [0.29, 0.717) is 10.5 Å². The molecule has 0 saturated carbocycles. The van der Waals surface area contributed by atoms with Crippen LogP contribution in [0.5, 0.6) is 0 Å². The highest BCUT2D eigenvalue weighted by atomic mass is 16.4. The van der Waals surface area contributed by atoms with Crippen molar-refractivity contribution in [3.63, 3.8) is 0 Å². The maximum atomic E-state index is 14.1. The number of benzene rings is 2. The number of nitrogens with two attached hydrogens (primary N) is 2. The molecule has 1 aliphatic heterocycles. The Bertz CT molecular complexity index is 1380. The number of amidine groups is 1. The minimum Gasteiger partial charge on any atom is -0.481 e. The highest BCUT2D eigenvalue weighted by molar-refractivity contribution is 6.24. The summed E-state index contributed by atoms with van der Waals surface area (Å²) in [5.41, 5.74) is 6.46. The van der Waals surface area contributed by atoms with Gasteiger partial charge in [-0.2, -0.15) is 0 Å². The van der Waals surface area contributed by atoms with Crippen LogP contribution in [0.2, 0.25) is 0 Å². The number of nitrogens with one attached hydrogen (secondary N) is 2. The van der Waals surface area contributed by atoms with Gasteiger partial charge in [0, 0.05) is 11.3 Å². The molecule has 2 aromatic rings. The quantitative estimate of drug-likeness (QED) is 0.0966. The van der Waals surface area contributed by atoms with Crippen LogP contribution in [0.25, 0.3) is 0 Å². The molecular weight excluding hydrogens is 524 g/mol. The van der Waals surface area contributed by atoms with Crippen LogP contribution in [-0.2, 0) is 29.5 Å². The fourth-order valence-corrected chi connectivity index (χ4v) is 4.69. The molecule has 2 aromatic carbocycles. The first-order valence-corrected chi connectivity index (χ1v) is 12.0. The molecule has 1 aliphatic rings. The topological polar surface area (TPSA) is 237 Å². The number of para-hydroxylation sites is 1. The first kappa shape index (κ1) is 29.4. The summed E-state index contributed by atoms with van der Waals surface area (Å²) in [5, 5.41) is 29.8. The predicted octanol–water partition coefficient (Wildman–Crippen LogP) is 0.333. The summed E-state index contributed by atoms with van der Waals surface area (Å²) in [6.45, 7) is 2.33. The van der Waals surface area contributed by atoms with E-state index < -0.39 is 59.2 Å². The summed E-state index contributed by atoms with van der Waals surface area (Å²) in [6.07, 6.45) is -1.03. The molecule has 210 valence electrons. The van der Waals surface area contributed by atoms with E-state index in [1.165, 1.54) is 54.6 Å². The third-order valence-electron chi connectivity index (χ3n) is 6.69. The fourth-order valence-electron chi connectivity index (χ4n) is 4.69. The number of carboxylic acid groups (broad SMARTS) is 2. The molecule has 40 heavy (non-hydrogen) atoms. The molecule has 0 unspecified atom stereocenters. The average molecular weight is 553 g/mol. The summed E-state index contributed by atoms with van der Waals surface area (Å²) < 4.78 is 0. The Morgan fingerprint density at radius 3 is 2.10 bits per heavy atom. The number of carbonyl (C=O) groups excluding carboxylic acids is 4. The van der Waals surface area contributed by atoms with E-state index in [0.717, 1.165) is 6.92 Å². The second-order valence-corrected chi connectivity index (χ2v) is 9.07. The van der Waals surface area contributed by atoms with Crippen molar-refractivity contribution in [2.24, 2.45) is 11.5 Å². The standard InChI is InChI=1S/C26H28N6O8/c1-3-25(16-11-9-15(10-12-16)20(28)29)22(37)32(24(40)30-25)26(14(2)33,23(38)39)31(17-7-5-4-6-8-17)21(36)18(27)13-19(34)35/h4-12,18H,3,13,27H2,1-2H3,(H3,28,29)(H,30,40)(H,34,35)(H,38,39)/t18-,25+,26-/m0/s1. The summed E-state index contributed by atoms with van der Waals surface area (Å²) in [6, 6.07) is 9.40. The fraction of sp³-hybridized carbons (Fsp3) is 0.269. The van der Waals surface area contributed by atoms with Crippen LogP contribution in [0, 0.1) is 5.41 Å². The van der Waals surface area contributed by atoms with Crippen LogP contribution in [0.1, 0.15) is 37.8 Å². The molecule has 1 fully saturated rings. The molecule has 0 aliphatic carbocycles. The van der Waals surface area contributed by atoms with Gasteiger partial charge in [-0.15, -0.1) is 0 Å². The van der Waals surface area contributed by atoms with Gasteiger partial charge in [-0.3, -0.25) is 29.5 Å². The Morgan fingerprint density at radius 1 is 1.07 bits per heavy atom. The van der Waals surface area contributed by atoms with E-state index in [-0.39, 0.29) is 28.4 Å². The number of ketones is 1. The van der Waals surface area contributed by atoms with Crippen molar-refractivity contribution >= 4 is 47.1 Å². The van der Waals surface area contributed by atoms with E-state index >= 15 is 0 Å². The van der Waals surface area contributed by atoms with Gasteiger partial charge in [-0.1, -0.05) is 49.4 Å². The Kier molecular flexibility index (Phi) is 8.05. The van der Waals surface area contributed by atoms with Crippen molar-refractivity contribution in [1.82, 2.24) is 10.2 Å². The second-order valence-electron chi connectivity index (χ2n) is 9.07. The number of anilines is 1. The summed E-state index contributed by atoms with van der Waals surface area (Å²) in [5.74, 6) is -7.58. The van der Waals surface area contributed by atoms with Crippen molar-refractivity contribution in [3.8, 4) is 0 Å². The second kappa shape index (κ2) is 10.9. The molecule has 3 rings (SSSR count). The van der Waals surface area contributed by atoms with Crippen molar-refractivity contribution in [1.29, 1.82) is 5.41 Å². The zero-order chi connectivity index (χ0) is 30.0. The van der Waals surface area contributed by atoms with Gasteiger partial charge in [-0.25, -0.2) is 14.5 Å². The van der Waals surface area contributed by atoms with Gasteiger partial charge in [0.25, 0.3) is 11.6 Å². The number of amides is 4. The highest BCUT2D eigenvalue weighted by Gasteiger charge is 2.67. The molecule has 0 bridgehead atoms. The Hall–Kier alpha value is -5.11. The van der Waals surface area contributed by atoms with Gasteiger partial charge < -0.3 is 27.0 Å². The number of carboxylic acids is 2. The number of rotatable bonds is 11. The van der Waals surface area contributed by atoms with Crippen LogP contribution in [-0.4, -0.2) is 68.2 Å². The lowest BCUT2D eigenvalue weighted by molar-refractivity contribution is -0.162. The first-order chi connectivity index (χ1) is 18.7. The van der Waals surface area contributed by atoms with Crippen LogP contribution < -0.4 is 21.7 Å². The number of hydrogen-bond donors (Lipinski definition) is 6. The Balaban J connectivity index is 2.31. The van der Waals surface area contributed by atoms with Crippen LogP contribution >= 0.6 is 0 Å².